The van der Waals surface area contributed by atoms with Gasteiger partial charge in [-0.15, -0.1) is 6.58 Å². The molecule has 0 radical (unpaired) electrons. The fraction of sp³-hybridized carbons (Fsp3) is 0.500. The lowest BCUT2D eigenvalue weighted by Gasteiger charge is -2.05. The zero-order valence-corrected chi connectivity index (χ0v) is 8.38. The Labute approximate surface area is 68.7 Å². The van der Waals surface area contributed by atoms with Gasteiger partial charge in [0, 0.05) is 6.42 Å². The predicted molar refractivity (Wildman–Crippen MR) is 44.3 cm³/mol. The van der Waals surface area contributed by atoms with E-state index in [1.54, 1.807) is 0 Å². The monoisotopic (exact) mass is 290 g/mol. The van der Waals surface area contributed by atoms with Gasteiger partial charge < -0.3 is 0 Å². The molecule has 0 unspecified atom stereocenters. The Morgan fingerprint density at radius 1 is 1.43 bits per heavy atom. The standard InChI is InChI=1S/C4H5Br3/c1-2-3-4(5,6)7/h2H,1,3H2. The number of hydrogen-bond donors (Lipinski definition) is 0. The largest absolute Gasteiger partial charge is 0.138 e. The maximum Gasteiger partial charge on any atom is 0.138 e. The van der Waals surface area contributed by atoms with Crippen LogP contribution in [0, 0.1) is 0 Å². The molecule has 0 aromatic carbocycles. The summed E-state index contributed by atoms with van der Waals surface area (Å²) in [5, 5.41) is 0. The van der Waals surface area contributed by atoms with Crippen LogP contribution < -0.4 is 0 Å². The molecule has 0 saturated carbocycles. The molecule has 0 saturated heterocycles. The van der Waals surface area contributed by atoms with Gasteiger partial charge in [-0.2, -0.15) is 0 Å². The fourth-order valence-corrected chi connectivity index (χ4v) is 0.850. The Morgan fingerprint density at radius 2 is 1.86 bits per heavy atom. The first-order valence-electron chi connectivity index (χ1n) is 1.74. The number of rotatable bonds is 1. The quantitative estimate of drug-likeness (QED) is 0.513. The van der Waals surface area contributed by atoms with Crippen molar-refractivity contribution < 1.29 is 0 Å². The smallest absolute Gasteiger partial charge is 0.103 e. The first kappa shape index (κ1) is 8.18. The molecule has 0 N–H and O–H groups in total. The van der Waals surface area contributed by atoms with E-state index in [0.29, 0.717) is 0 Å². The van der Waals surface area contributed by atoms with Crippen LogP contribution in [0.4, 0.5) is 0 Å². The highest BCUT2D eigenvalue weighted by Gasteiger charge is 2.13. The molecule has 0 aliphatic carbocycles. The molecule has 0 aliphatic heterocycles. The van der Waals surface area contributed by atoms with E-state index in [9.17, 15) is 0 Å². The summed E-state index contributed by atoms with van der Waals surface area (Å²) in [5.74, 6) is 0. The lowest BCUT2D eigenvalue weighted by atomic mass is 10.5. The zero-order chi connectivity index (χ0) is 5.91. The number of halogens is 3. The van der Waals surface area contributed by atoms with E-state index in [4.69, 9.17) is 0 Å². The Kier molecular flexibility index (Phi) is 3.80. The molecular weight excluding hydrogens is 288 g/mol. The van der Waals surface area contributed by atoms with E-state index in [-0.39, 0.29) is 2.14 Å². The topological polar surface area (TPSA) is 0 Å². The Bertz CT molecular complexity index is 61.8. The summed E-state index contributed by atoms with van der Waals surface area (Å²) in [4.78, 5) is 0. The highest BCUT2D eigenvalue weighted by molar-refractivity contribution is 9.39. The van der Waals surface area contributed by atoms with Gasteiger partial charge in [-0.1, -0.05) is 53.9 Å². The minimum absolute atomic E-state index is 0.130. The van der Waals surface area contributed by atoms with Gasteiger partial charge >= 0.3 is 0 Å². The zero-order valence-electron chi connectivity index (χ0n) is 3.63. The summed E-state index contributed by atoms with van der Waals surface area (Å²) in [5.41, 5.74) is 0. The van der Waals surface area contributed by atoms with Crippen LogP contribution in [-0.2, 0) is 0 Å². The Balaban J connectivity index is 3.34. The van der Waals surface area contributed by atoms with Crippen molar-refractivity contribution >= 4 is 47.8 Å². The first-order chi connectivity index (χ1) is 3.06. The summed E-state index contributed by atoms with van der Waals surface area (Å²) < 4.78 is -0.130. The van der Waals surface area contributed by atoms with Gasteiger partial charge in [0.05, 0.1) is 0 Å². The molecule has 0 atom stereocenters. The van der Waals surface area contributed by atoms with Crippen LogP contribution in [0.1, 0.15) is 6.42 Å². The van der Waals surface area contributed by atoms with Crippen molar-refractivity contribution in [1.29, 1.82) is 0 Å². The molecule has 0 heterocycles. The lowest BCUT2D eigenvalue weighted by Crippen LogP contribution is -1.93. The molecule has 0 nitrogen and oxygen atoms in total. The number of alkyl halides is 3. The summed E-state index contributed by atoms with van der Waals surface area (Å²) in [6, 6.07) is 0. The second-order valence-electron chi connectivity index (χ2n) is 1.11. The van der Waals surface area contributed by atoms with Crippen molar-refractivity contribution in [2.75, 3.05) is 0 Å². The van der Waals surface area contributed by atoms with Crippen LogP contribution in [0.2, 0.25) is 0 Å². The van der Waals surface area contributed by atoms with Crippen molar-refractivity contribution in [2.24, 2.45) is 0 Å². The number of hydrogen-bond acceptors (Lipinski definition) is 0. The summed E-state index contributed by atoms with van der Waals surface area (Å²) >= 11 is 9.90. The molecule has 0 bridgehead atoms. The van der Waals surface area contributed by atoms with E-state index in [1.807, 2.05) is 6.08 Å². The SMILES string of the molecule is C=CCC(Br)(Br)Br. The normalized spacial score (nSPS) is 11.3. The van der Waals surface area contributed by atoms with Gasteiger partial charge in [0.25, 0.3) is 0 Å². The molecular formula is C4H5Br3. The molecule has 0 rings (SSSR count). The second kappa shape index (κ2) is 3.25. The third-order valence-electron chi connectivity index (χ3n) is 0.376. The van der Waals surface area contributed by atoms with Crippen LogP contribution in [0.3, 0.4) is 0 Å². The van der Waals surface area contributed by atoms with Crippen LogP contribution in [0.25, 0.3) is 0 Å². The molecule has 0 aromatic rings. The van der Waals surface area contributed by atoms with E-state index in [1.165, 1.54) is 0 Å². The van der Waals surface area contributed by atoms with Gasteiger partial charge in [-0.05, 0) is 0 Å². The molecule has 42 valence electrons. The van der Waals surface area contributed by atoms with Crippen molar-refractivity contribution in [3.05, 3.63) is 12.7 Å². The highest BCUT2D eigenvalue weighted by Crippen LogP contribution is 2.36. The molecule has 7 heavy (non-hydrogen) atoms. The minimum atomic E-state index is -0.130. The van der Waals surface area contributed by atoms with Gasteiger partial charge in [0.15, 0.2) is 0 Å². The summed E-state index contributed by atoms with van der Waals surface area (Å²) in [6.45, 7) is 3.56. The van der Waals surface area contributed by atoms with Gasteiger partial charge in [0.2, 0.25) is 0 Å². The maximum atomic E-state index is 3.56. The molecule has 0 aliphatic rings. The van der Waals surface area contributed by atoms with Crippen LogP contribution >= 0.6 is 47.8 Å². The summed E-state index contributed by atoms with van der Waals surface area (Å²) in [6.07, 6.45) is 2.67. The second-order valence-corrected chi connectivity index (χ2v) is 8.36. The molecule has 0 spiro atoms. The summed E-state index contributed by atoms with van der Waals surface area (Å²) in [7, 11) is 0. The van der Waals surface area contributed by atoms with E-state index >= 15 is 0 Å². The third kappa shape index (κ3) is 7.18. The number of allylic oxidation sites excluding steroid dienone is 1. The van der Waals surface area contributed by atoms with Crippen molar-refractivity contribution in [3.8, 4) is 0 Å². The van der Waals surface area contributed by atoms with E-state index in [0.717, 1.165) is 6.42 Å². The minimum Gasteiger partial charge on any atom is -0.103 e. The predicted octanol–water partition coefficient (Wildman–Crippen LogP) is 3.40. The molecule has 0 amide bonds. The fourth-order valence-electron chi connectivity index (χ4n) is 0.164. The van der Waals surface area contributed by atoms with Crippen molar-refractivity contribution in [3.63, 3.8) is 0 Å². The third-order valence-corrected chi connectivity index (χ3v) is 1.35. The van der Waals surface area contributed by atoms with Gasteiger partial charge in [-0.3, -0.25) is 0 Å². The van der Waals surface area contributed by atoms with Crippen LogP contribution in [-0.4, -0.2) is 2.14 Å². The van der Waals surface area contributed by atoms with Crippen molar-refractivity contribution in [2.45, 2.75) is 8.56 Å². The van der Waals surface area contributed by atoms with Crippen molar-refractivity contribution in [1.82, 2.24) is 0 Å². The van der Waals surface area contributed by atoms with Crippen LogP contribution in [0.5, 0.6) is 0 Å². The van der Waals surface area contributed by atoms with E-state index in [2.05, 4.69) is 54.4 Å². The highest BCUT2D eigenvalue weighted by atomic mass is 80.0. The maximum absolute atomic E-state index is 3.56. The average molecular weight is 293 g/mol. The lowest BCUT2D eigenvalue weighted by molar-refractivity contribution is 1.18. The van der Waals surface area contributed by atoms with E-state index < -0.39 is 0 Å². The molecule has 0 aromatic heterocycles. The average Bonchev–Trinajstić information content (AvgIpc) is 1.30. The van der Waals surface area contributed by atoms with Gasteiger partial charge in [-0.25, -0.2) is 0 Å². The van der Waals surface area contributed by atoms with Gasteiger partial charge in [0.1, 0.15) is 2.14 Å². The Hall–Kier alpha value is 1.18. The molecule has 0 fully saturated rings. The molecule has 3 heteroatoms. The van der Waals surface area contributed by atoms with Crippen LogP contribution in [0.15, 0.2) is 12.7 Å². The Morgan fingerprint density at radius 3 is 1.86 bits per heavy atom. The first-order valence-corrected chi connectivity index (χ1v) is 4.12.